The van der Waals surface area contributed by atoms with Gasteiger partial charge in [-0.15, -0.1) is 0 Å². The molecule has 0 atom stereocenters. The summed E-state index contributed by atoms with van der Waals surface area (Å²) < 4.78 is 56.4. The van der Waals surface area contributed by atoms with Crippen molar-refractivity contribution in [2.24, 2.45) is 5.92 Å². The molecule has 1 fully saturated rings. The van der Waals surface area contributed by atoms with Gasteiger partial charge >= 0.3 is 0 Å². The molecule has 3 aromatic rings. The Morgan fingerprint density at radius 1 is 0.909 bits per heavy atom. The number of ether oxygens (including phenoxy) is 1. The Morgan fingerprint density at radius 2 is 1.52 bits per heavy atom. The van der Waals surface area contributed by atoms with Gasteiger partial charge in [0.15, 0.2) is 9.84 Å². The summed E-state index contributed by atoms with van der Waals surface area (Å²) in [6.45, 7) is 2.69. The van der Waals surface area contributed by atoms with Crippen molar-refractivity contribution in [1.82, 2.24) is 4.90 Å². The van der Waals surface area contributed by atoms with Crippen molar-refractivity contribution in [2.75, 3.05) is 26.0 Å². The van der Waals surface area contributed by atoms with Gasteiger partial charge in [-0.2, -0.15) is 0 Å². The predicted molar refractivity (Wildman–Crippen MR) is 125 cm³/mol. The van der Waals surface area contributed by atoms with Gasteiger partial charge in [0.05, 0.1) is 11.5 Å². The molecule has 0 aliphatic carbocycles. The van der Waals surface area contributed by atoms with E-state index in [0.717, 1.165) is 48.9 Å². The maximum Gasteiger partial charge on any atom is 0.175 e. The van der Waals surface area contributed by atoms with Crippen LogP contribution >= 0.6 is 0 Å². The number of nitrogens with zero attached hydrogens (tertiary/aromatic N) is 1. The maximum atomic E-state index is 13.9. The quantitative estimate of drug-likeness (QED) is 0.468. The first-order valence-electron chi connectivity index (χ1n) is 11.0. The molecular formula is C26H27F2NO3S. The number of rotatable bonds is 7. The fraction of sp³-hybridized carbons (Fsp3) is 0.308. The van der Waals surface area contributed by atoms with E-state index in [0.29, 0.717) is 29.5 Å². The molecule has 0 radical (unpaired) electrons. The van der Waals surface area contributed by atoms with Crippen molar-refractivity contribution in [1.29, 1.82) is 0 Å². The lowest BCUT2D eigenvalue weighted by atomic mass is 9.97. The minimum atomic E-state index is -3.20. The standard InChI is InChI=1S/C26H27F2NO3S/c1-33(30,31)25-9-4-21(5-10-25)20-2-7-24(8-3-20)32-18-19-12-14-29(15-13-19)17-22-16-23(27)6-11-26(22)28/h2-11,16,19H,12-15,17-18H2,1H3. The second-order valence-electron chi connectivity index (χ2n) is 8.59. The van der Waals surface area contributed by atoms with Crippen molar-refractivity contribution in [3.05, 3.63) is 83.9 Å². The number of benzene rings is 3. The fourth-order valence-electron chi connectivity index (χ4n) is 4.07. The van der Waals surface area contributed by atoms with Crippen LogP contribution in [0.1, 0.15) is 18.4 Å². The highest BCUT2D eigenvalue weighted by molar-refractivity contribution is 7.90. The summed E-state index contributed by atoms with van der Waals surface area (Å²) in [5, 5.41) is 0. The van der Waals surface area contributed by atoms with E-state index in [2.05, 4.69) is 4.90 Å². The lowest BCUT2D eigenvalue weighted by molar-refractivity contribution is 0.135. The summed E-state index contributed by atoms with van der Waals surface area (Å²) in [7, 11) is -3.20. The molecule has 0 spiro atoms. The van der Waals surface area contributed by atoms with E-state index >= 15 is 0 Å². The van der Waals surface area contributed by atoms with Gasteiger partial charge in [0, 0.05) is 18.4 Å². The van der Waals surface area contributed by atoms with E-state index in [1.165, 1.54) is 18.4 Å². The Hall–Kier alpha value is -2.77. The molecule has 0 aromatic heterocycles. The SMILES string of the molecule is CS(=O)(=O)c1ccc(-c2ccc(OCC3CCN(Cc4cc(F)ccc4F)CC3)cc2)cc1. The highest BCUT2D eigenvalue weighted by Gasteiger charge is 2.21. The van der Waals surface area contributed by atoms with Crippen LogP contribution in [0.3, 0.4) is 0 Å². The maximum absolute atomic E-state index is 13.9. The van der Waals surface area contributed by atoms with E-state index in [1.807, 2.05) is 24.3 Å². The van der Waals surface area contributed by atoms with Gasteiger partial charge in [-0.25, -0.2) is 17.2 Å². The Bertz CT molecular complexity index is 1190. The summed E-state index contributed by atoms with van der Waals surface area (Å²) in [6.07, 6.45) is 3.09. The van der Waals surface area contributed by atoms with Crippen LogP contribution in [0.4, 0.5) is 8.78 Å². The van der Waals surface area contributed by atoms with Gasteiger partial charge < -0.3 is 4.74 Å². The van der Waals surface area contributed by atoms with Gasteiger partial charge in [0.2, 0.25) is 0 Å². The molecule has 1 saturated heterocycles. The average molecular weight is 472 g/mol. The first-order valence-corrected chi connectivity index (χ1v) is 12.9. The third-order valence-electron chi connectivity index (χ3n) is 6.06. The Labute approximate surface area is 193 Å². The summed E-state index contributed by atoms with van der Waals surface area (Å²) in [5.74, 6) is 0.431. The predicted octanol–water partition coefficient (Wildman–Crippen LogP) is 5.33. The average Bonchev–Trinajstić information content (AvgIpc) is 2.81. The number of halogens is 2. The Balaban J connectivity index is 1.26. The Kier molecular flexibility index (Phi) is 7.10. The number of likely N-dealkylation sites (tertiary alicyclic amines) is 1. The molecule has 0 amide bonds. The summed E-state index contributed by atoms with van der Waals surface area (Å²) in [4.78, 5) is 2.45. The zero-order chi connectivity index (χ0) is 23.4. The van der Waals surface area contributed by atoms with E-state index in [4.69, 9.17) is 4.74 Å². The minimum Gasteiger partial charge on any atom is -0.493 e. The summed E-state index contributed by atoms with van der Waals surface area (Å²) >= 11 is 0. The molecule has 1 aliphatic rings. The number of hydrogen-bond acceptors (Lipinski definition) is 4. The van der Waals surface area contributed by atoms with Gasteiger partial charge in [-0.1, -0.05) is 24.3 Å². The van der Waals surface area contributed by atoms with E-state index < -0.39 is 15.7 Å². The van der Waals surface area contributed by atoms with Crippen LogP contribution in [-0.2, 0) is 16.4 Å². The molecule has 0 saturated carbocycles. The second kappa shape index (κ2) is 10.0. The van der Waals surface area contributed by atoms with Crippen LogP contribution in [0.5, 0.6) is 5.75 Å². The normalized spacial score (nSPS) is 15.5. The first-order chi connectivity index (χ1) is 15.8. The van der Waals surface area contributed by atoms with Crippen molar-refractivity contribution in [3.63, 3.8) is 0 Å². The van der Waals surface area contributed by atoms with Crippen LogP contribution in [-0.4, -0.2) is 39.3 Å². The van der Waals surface area contributed by atoms with E-state index in [1.54, 1.807) is 24.3 Å². The Morgan fingerprint density at radius 3 is 2.12 bits per heavy atom. The molecular weight excluding hydrogens is 444 g/mol. The third-order valence-corrected chi connectivity index (χ3v) is 7.19. The smallest absolute Gasteiger partial charge is 0.175 e. The minimum absolute atomic E-state index is 0.304. The number of sulfone groups is 1. The highest BCUT2D eigenvalue weighted by atomic mass is 32.2. The summed E-state index contributed by atoms with van der Waals surface area (Å²) in [6, 6.07) is 18.2. The van der Waals surface area contributed by atoms with Crippen molar-refractivity contribution in [3.8, 4) is 16.9 Å². The van der Waals surface area contributed by atoms with Crippen LogP contribution in [0, 0.1) is 17.6 Å². The largest absolute Gasteiger partial charge is 0.493 e. The molecule has 174 valence electrons. The molecule has 0 bridgehead atoms. The van der Waals surface area contributed by atoms with Crippen LogP contribution < -0.4 is 4.74 Å². The topological polar surface area (TPSA) is 46.6 Å². The molecule has 1 aliphatic heterocycles. The monoisotopic (exact) mass is 471 g/mol. The molecule has 0 N–H and O–H groups in total. The van der Waals surface area contributed by atoms with Gasteiger partial charge in [-0.05, 0) is 85.4 Å². The molecule has 4 nitrogen and oxygen atoms in total. The molecule has 7 heteroatoms. The van der Waals surface area contributed by atoms with Crippen molar-refractivity contribution >= 4 is 9.84 Å². The van der Waals surface area contributed by atoms with Crippen LogP contribution in [0.15, 0.2) is 71.6 Å². The first kappa shape index (κ1) is 23.4. The van der Waals surface area contributed by atoms with E-state index in [9.17, 15) is 17.2 Å². The number of hydrogen-bond donors (Lipinski definition) is 0. The molecule has 1 heterocycles. The van der Waals surface area contributed by atoms with Crippen LogP contribution in [0.25, 0.3) is 11.1 Å². The molecule has 33 heavy (non-hydrogen) atoms. The van der Waals surface area contributed by atoms with Gasteiger partial charge in [0.25, 0.3) is 0 Å². The molecule has 4 rings (SSSR count). The number of piperidine rings is 1. The zero-order valence-corrected chi connectivity index (χ0v) is 19.3. The lowest BCUT2D eigenvalue weighted by Crippen LogP contribution is -2.35. The van der Waals surface area contributed by atoms with Gasteiger partial charge in [0.1, 0.15) is 17.4 Å². The van der Waals surface area contributed by atoms with Gasteiger partial charge in [-0.3, -0.25) is 4.90 Å². The van der Waals surface area contributed by atoms with Crippen LogP contribution in [0.2, 0.25) is 0 Å². The second-order valence-corrected chi connectivity index (χ2v) is 10.6. The molecule has 3 aromatic carbocycles. The molecule has 0 unspecified atom stereocenters. The zero-order valence-electron chi connectivity index (χ0n) is 18.5. The lowest BCUT2D eigenvalue weighted by Gasteiger charge is -2.32. The van der Waals surface area contributed by atoms with Crippen molar-refractivity contribution < 1.29 is 21.9 Å². The third kappa shape index (κ3) is 6.18. The fourth-order valence-corrected chi connectivity index (χ4v) is 4.70. The summed E-state index contributed by atoms with van der Waals surface area (Å²) in [5.41, 5.74) is 2.33. The highest BCUT2D eigenvalue weighted by Crippen LogP contribution is 2.26. The van der Waals surface area contributed by atoms with Crippen molar-refractivity contribution in [2.45, 2.75) is 24.3 Å². The van der Waals surface area contributed by atoms with E-state index in [-0.39, 0.29) is 5.82 Å².